The molecule has 3 aromatic rings. The van der Waals surface area contributed by atoms with Crippen LogP contribution in [0.1, 0.15) is 18.5 Å². The van der Waals surface area contributed by atoms with Gasteiger partial charge in [0.15, 0.2) is 0 Å². The lowest BCUT2D eigenvalue weighted by atomic mass is 10.1. The quantitative estimate of drug-likeness (QED) is 0.765. The number of benzene rings is 2. The van der Waals surface area contributed by atoms with Crippen molar-refractivity contribution >= 4 is 28.6 Å². The Balaban J connectivity index is 1.94. The van der Waals surface area contributed by atoms with E-state index in [-0.39, 0.29) is 11.8 Å². The molecule has 2 aromatic carbocycles. The number of nitrogens with one attached hydrogen (secondary N) is 1. The van der Waals surface area contributed by atoms with E-state index in [1.807, 2.05) is 42.8 Å². The molecule has 0 spiro atoms. The normalized spacial score (nSPS) is 12.5. The number of hydrogen-bond acceptors (Lipinski definition) is 3. The van der Waals surface area contributed by atoms with E-state index in [4.69, 9.17) is 11.6 Å². The minimum atomic E-state index is -0.112. The molecule has 0 aliphatic heterocycles. The van der Waals surface area contributed by atoms with Crippen molar-refractivity contribution in [3.05, 3.63) is 53.1 Å². The second-order valence-corrected chi connectivity index (χ2v) is 5.49. The molecule has 1 heterocycles. The summed E-state index contributed by atoms with van der Waals surface area (Å²) in [5.74, 6) is 0.973. The summed E-state index contributed by atoms with van der Waals surface area (Å²) in [7, 11) is 1.96. The van der Waals surface area contributed by atoms with E-state index in [0.717, 1.165) is 22.5 Å². The van der Waals surface area contributed by atoms with Gasteiger partial charge in [-0.25, -0.2) is 4.98 Å². The highest BCUT2D eigenvalue weighted by Crippen LogP contribution is 2.30. The summed E-state index contributed by atoms with van der Waals surface area (Å²) in [5, 5.41) is 13.9. The first-order chi connectivity index (χ1) is 10.1. The molecule has 0 aliphatic carbocycles. The zero-order chi connectivity index (χ0) is 15.0. The third kappa shape index (κ3) is 2.54. The highest BCUT2D eigenvalue weighted by atomic mass is 35.5. The molecule has 1 atom stereocenters. The second-order valence-electron chi connectivity index (χ2n) is 5.05. The average Bonchev–Trinajstić information content (AvgIpc) is 2.78. The predicted molar refractivity (Wildman–Crippen MR) is 85.9 cm³/mol. The Morgan fingerprint density at radius 2 is 2.00 bits per heavy atom. The number of nitrogens with zero attached hydrogens (tertiary/aromatic N) is 2. The van der Waals surface area contributed by atoms with Gasteiger partial charge in [-0.3, -0.25) is 0 Å². The fourth-order valence-electron chi connectivity index (χ4n) is 2.42. The van der Waals surface area contributed by atoms with Crippen LogP contribution in [0.25, 0.3) is 11.0 Å². The molecule has 0 saturated carbocycles. The van der Waals surface area contributed by atoms with Crippen LogP contribution in [-0.2, 0) is 7.05 Å². The van der Waals surface area contributed by atoms with E-state index >= 15 is 0 Å². The van der Waals surface area contributed by atoms with Crippen LogP contribution in [0.4, 0.5) is 5.95 Å². The number of para-hydroxylation sites is 2. The molecule has 2 N–H and O–H groups in total. The lowest BCUT2D eigenvalue weighted by Crippen LogP contribution is -2.10. The molecule has 0 aliphatic rings. The summed E-state index contributed by atoms with van der Waals surface area (Å²) in [4.78, 5) is 4.57. The molecule has 0 bridgehead atoms. The summed E-state index contributed by atoms with van der Waals surface area (Å²) < 4.78 is 1.99. The Morgan fingerprint density at radius 1 is 1.24 bits per heavy atom. The Kier molecular flexibility index (Phi) is 3.47. The molecular weight excluding hydrogens is 286 g/mol. The Labute approximate surface area is 128 Å². The molecule has 4 nitrogen and oxygen atoms in total. The number of aryl methyl sites for hydroxylation is 1. The summed E-state index contributed by atoms with van der Waals surface area (Å²) in [6.07, 6.45) is 0. The number of aromatic nitrogens is 2. The number of phenols is 1. The van der Waals surface area contributed by atoms with Crippen molar-refractivity contribution in [3.63, 3.8) is 0 Å². The molecule has 0 amide bonds. The molecule has 0 radical (unpaired) electrons. The minimum absolute atomic E-state index is 0.112. The Bertz CT molecular complexity index is 797. The van der Waals surface area contributed by atoms with Crippen LogP contribution in [0.2, 0.25) is 5.02 Å². The first-order valence-corrected chi connectivity index (χ1v) is 7.10. The van der Waals surface area contributed by atoms with E-state index < -0.39 is 0 Å². The number of rotatable bonds is 3. The molecule has 108 valence electrons. The lowest BCUT2D eigenvalue weighted by Gasteiger charge is -2.16. The summed E-state index contributed by atoms with van der Waals surface area (Å²) >= 11 is 6.00. The number of fused-ring (bicyclic) bond motifs is 1. The number of hydrogen-bond donors (Lipinski definition) is 2. The maximum atomic E-state index is 9.97. The largest absolute Gasteiger partial charge is 0.508 e. The summed E-state index contributed by atoms with van der Waals surface area (Å²) in [6, 6.07) is 12.9. The maximum Gasteiger partial charge on any atom is 0.204 e. The number of aromatic hydroxyl groups is 1. The molecular formula is C16H16ClN3O. The number of phenolic OH excluding ortho intramolecular Hbond substituents is 1. The number of anilines is 1. The smallest absolute Gasteiger partial charge is 0.204 e. The second kappa shape index (κ2) is 5.30. The SMILES string of the molecule is C[C@@H](Nc1nc2ccccc2n1C)c1cc(Cl)ccc1O. The zero-order valence-electron chi connectivity index (χ0n) is 11.8. The van der Waals surface area contributed by atoms with Crippen molar-refractivity contribution in [2.45, 2.75) is 13.0 Å². The van der Waals surface area contributed by atoms with Gasteiger partial charge in [0.05, 0.1) is 17.1 Å². The van der Waals surface area contributed by atoms with Gasteiger partial charge in [0.25, 0.3) is 0 Å². The van der Waals surface area contributed by atoms with Crippen LogP contribution in [0.3, 0.4) is 0 Å². The van der Waals surface area contributed by atoms with Crippen molar-refractivity contribution < 1.29 is 5.11 Å². The van der Waals surface area contributed by atoms with Gasteiger partial charge in [-0.1, -0.05) is 23.7 Å². The highest BCUT2D eigenvalue weighted by Gasteiger charge is 2.14. The Morgan fingerprint density at radius 3 is 2.76 bits per heavy atom. The van der Waals surface area contributed by atoms with Gasteiger partial charge in [-0.15, -0.1) is 0 Å². The minimum Gasteiger partial charge on any atom is -0.508 e. The van der Waals surface area contributed by atoms with E-state index in [1.165, 1.54) is 0 Å². The average molecular weight is 302 g/mol. The molecule has 0 saturated heterocycles. The zero-order valence-corrected chi connectivity index (χ0v) is 12.6. The topological polar surface area (TPSA) is 50.1 Å². The van der Waals surface area contributed by atoms with E-state index in [2.05, 4.69) is 10.3 Å². The third-order valence-electron chi connectivity index (χ3n) is 3.59. The van der Waals surface area contributed by atoms with Crippen molar-refractivity contribution in [2.24, 2.45) is 7.05 Å². The molecule has 21 heavy (non-hydrogen) atoms. The van der Waals surface area contributed by atoms with Gasteiger partial charge in [-0.2, -0.15) is 0 Å². The van der Waals surface area contributed by atoms with E-state index in [0.29, 0.717) is 5.02 Å². The Hall–Kier alpha value is -2.20. The van der Waals surface area contributed by atoms with Crippen LogP contribution in [-0.4, -0.2) is 14.7 Å². The maximum absolute atomic E-state index is 9.97. The summed E-state index contributed by atoms with van der Waals surface area (Å²) in [5.41, 5.74) is 2.74. The first kappa shape index (κ1) is 13.8. The molecule has 5 heteroatoms. The monoisotopic (exact) mass is 301 g/mol. The fourth-order valence-corrected chi connectivity index (χ4v) is 2.60. The lowest BCUT2D eigenvalue weighted by molar-refractivity contribution is 0.465. The van der Waals surface area contributed by atoms with Crippen LogP contribution >= 0.6 is 11.6 Å². The molecule has 1 aromatic heterocycles. The standard InChI is InChI=1S/C16H16ClN3O/c1-10(12-9-11(17)7-8-15(12)21)18-16-19-13-5-3-4-6-14(13)20(16)2/h3-10,21H,1-2H3,(H,18,19)/t10-/m1/s1. The van der Waals surface area contributed by atoms with Gasteiger partial charge < -0.3 is 15.0 Å². The van der Waals surface area contributed by atoms with Gasteiger partial charge in [0, 0.05) is 17.6 Å². The molecule has 0 fully saturated rings. The fraction of sp³-hybridized carbons (Fsp3) is 0.188. The number of imidazole rings is 1. The van der Waals surface area contributed by atoms with Gasteiger partial charge in [-0.05, 0) is 37.3 Å². The van der Waals surface area contributed by atoms with Gasteiger partial charge in [0.2, 0.25) is 5.95 Å². The van der Waals surface area contributed by atoms with Crippen LogP contribution < -0.4 is 5.32 Å². The van der Waals surface area contributed by atoms with Crippen LogP contribution in [0, 0.1) is 0 Å². The van der Waals surface area contributed by atoms with Gasteiger partial charge >= 0.3 is 0 Å². The molecule has 3 rings (SSSR count). The molecule has 0 unspecified atom stereocenters. The highest BCUT2D eigenvalue weighted by molar-refractivity contribution is 6.30. The number of halogens is 1. The van der Waals surface area contributed by atoms with Crippen LogP contribution in [0.5, 0.6) is 5.75 Å². The van der Waals surface area contributed by atoms with Crippen molar-refractivity contribution in [1.82, 2.24) is 9.55 Å². The van der Waals surface area contributed by atoms with Crippen LogP contribution in [0.15, 0.2) is 42.5 Å². The predicted octanol–water partition coefficient (Wildman–Crippen LogP) is 4.11. The van der Waals surface area contributed by atoms with Gasteiger partial charge in [0.1, 0.15) is 5.75 Å². The van der Waals surface area contributed by atoms with E-state index in [1.54, 1.807) is 18.2 Å². The summed E-state index contributed by atoms with van der Waals surface area (Å²) in [6.45, 7) is 1.96. The van der Waals surface area contributed by atoms with Crippen molar-refractivity contribution in [2.75, 3.05) is 5.32 Å². The van der Waals surface area contributed by atoms with E-state index in [9.17, 15) is 5.11 Å². The van der Waals surface area contributed by atoms with Crippen molar-refractivity contribution in [1.29, 1.82) is 0 Å². The van der Waals surface area contributed by atoms with Crippen molar-refractivity contribution in [3.8, 4) is 5.75 Å². The first-order valence-electron chi connectivity index (χ1n) is 6.72. The third-order valence-corrected chi connectivity index (χ3v) is 3.82.